The molecule has 9 heteroatoms. The number of furan rings is 1. The molecule has 4 aromatic rings. The molecule has 8 nitrogen and oxygen atoms in total. The Bertz CT molecular complexity index is 1660. The minimum Gasteiger partial charge on any atom is -0.503 e. The standard InChI is InChI=1S/C32H34N2O6S/c1-7-38-24-16-21(9-11-22(24)39-13-12-17(2)3)28-26(29(35)23-10-8-20(6)40-23)30(36)31(37)34(28)32-33-27-19(5)14-18(4)15-25(27)41-32/h8-11,14-17,28,36H,7,12-13H2,1-6H3. The number of anilines is 1. The Balaban J connectivity index is 1.64. The number of aliphatic hydroxyl groups excluding tert-OH is 1. The van der Waals surface area contributed by atoms with Crippen LogP contribution in [0.5, 0.6) is 11.5 Å². The molecular weight excluding hydrogens is 540 g/mol. The van der Waals surface area contributed by atoms with Crippen molar-refractivity contribution < 1.29 is 28.6 Å². The van der Waals surface area contributed by atoms with Gasteiger partial charge in [-0.2, -0.15) is 0 Å². The maximum absolute atomic E-state index is 13.8. The summed E-state index contributed by atoms with van der Waals surface area (Å²) in [5.74, 6) is 0.227. The monoisotopic (exact) mass is 574 g/mol. The predicted octanol–water partition coefficient (Wildman–Crippen LogP) is 7.42. The Morgan fingerprint density at radius 2 is 1.88 bits per heavy atom. The topological polar surface area (TPSA) is 102 Å². The third-order valence-electron chi connectivity index (χ3n) is 6.98. The summed E-state index contributed by atoms with van der Waals surface area (Å²) in [5.41, 5.74) is 3.32. The van der Waals surface area contributed by atoms with Crippen LogP contribution in [0.1, 0.15) is 66.2 Å². The molecule has 41 heavy (non-hydrogen) atoms. The van der Waals surface area contributed by atoms with Gasteiger partial charge in [0.05, 0.1) is 35.0 Å². The minimum atomic E-state index is -0.966. The number of Topliss-reactive ketones (excluding diaryl/α,β-unsaturated/α-hetero) is 1. The first-order chi connectivity index (χ1) is 19.6. The van der Waals surface area contributed by atoms with Crippen molar-refractivity contribution >= 4 is 38.4 Å². The molecule has 1 aliphatic heterocycles. The Morgan fingerprint density at radius 1 is 1.10 bits per heavy atom. The molecule has 214 valence electrons. The van der Waals surface area contributed by atoms with Crippen molar-refractivity contribution in [3.05, 3.63) is 82.0 Å². The fourth-order valence-electron chi connectivity index (χ4n) is 4.99. The van der Waals surface area contributed by atoms with Crippen LogP contribution >= 0.6 is 11.3 Å². The predicted molar refractivity (Wildman–Crippen MR) is 159 cm³/mol. The van der Waals surface area contributed by atoms with Crippen LogP contribution in [0.2, 0.25) is 0 Å². The van der Waals surface area contributed by atoms with Gasteiger partial charge in [0.25, 0.3) is 5.91 Å². The molecule has 0 saturated carbocycles. The smallest absolute Gasteiger partial charge is 0.296 e. The number of hydrogen-bond acceptors (Lipinski definition) is 8. The van der Waals surface area contributed by atoms with Gasteiger partial charge in [-0.05, 0) is 87.1 Å². The molecule has 1 unspecified atom stereocenters. The summed E-state index contributed by atoms with van der Waals surface area (Å²) in [6.07, 6.45) is 0.881. The number of ether oxygens (including phenoxy) is 2. The average molecular weight is 575 g/mol. The number of rotatable bonds is 10. The molecule has 1 N–H and O–H groups in total. The number of fused-ring (bicyclic) bond motifs is 1. The van der Waals surface area contributed by atoms with Crippen LogP contribution in [0.3, 0.4) is 0 Å². The van der Waals surface area contributed by atoms with E-state index in [1.54, 1.807) is 37.3 Å². The van der Waals surface area contributed by atoms with Gasteiger partial charge in [-0.15, -0.1) is 0 Å². The first-order valence-electron chi connectivity index (χ1n) is 13.7. The van der Waals surface area contributed by atoms with Gasteiger partial charge >= 0.3 is 0 Å². The van der Waals surface area contributed by atoms with Gasteiger partial charge in [0.15, 0.2) is 28.1 Å². The number of ketones is 1. The number of benzene rings is 2. The molecule has 2 aromatic heterocycles. The number of amides is 1. The van der Waals surface area contributed by atoms with Gasteiger partial charge in [-0.1, -0.05) is 37.3 Å². The maximum Gasteiger partial charge on any atom is 0.296 e. The number of carbonyl (C=O) groups excluding carboxylic acids is 2. The third kappa shape index (κ3) is 5.46. The number of nitrogens with zero attached hydrogens (tertiary/aromatic N) is 2. The molecule has 0 aliphatic carbocycles. The quantitative estimate of drug-likeness (QED) is 0.197. The van der Waals surface area contributed by atoms with E-state index in [2.05, 4.69) is 13.8 Å². The summed E-state index contributed by atoms with van der Waals surface area (Å²) < 4.78 is 18.5. The third-order valence-corrected chi connectivity index (χ3v) is 7.98. The van der Waals surface area contributed by atoms with E-state index >= 15 is 0 Å². The number of carbonyl (C=O) groups is 2. The lowest BCUT2D eigenvalue weighted by atomic mass is 9.95. The lowest BCUT2D eigenvalue weighted by Gasteiger charge is -2.25. The van der Waals surface area contributed by atoms with Crippen molar-refractivity contribution in [2.75, 3.05) is 18.1 Å². The summed E-state index contributed by atoms with van der Waals surface area (Å²) in [4.78, 5) is 33.7. The molecule has 2 aromatic carbocycles. The van der Waals surface area contributed by atoms with Crippen molar-refractivity contribution in [3.63, 3.8) is 0 Å². The zero-order valence-electron chi connectivity index (χ0n) is 24.1. The fourth-order valence-corrected chi connectivity index (χ4v) is 6.16. The highest BCUT2D eigenvalue weighted by Crippen LogP contribution is 2.46. The Labute approximate surface area is 243 Å². The van der Waals surface area contributed by atoms with E-state index in [1.165, 1.54) is 16.2 Å². The molecule has 1 atom stereocenters. The van der Waals surface area contributed by atoms with Crippen LogP contribution in [-0.2, 0) is 4.79 Å². The first-order valence-corrected chi connectivity index (χ1v) is 14.6. The summed E-state index contributed by atoms with van der Waals surface area (Å²) in [6.45, 7) is 12.8. The molecule has 5 rings (SSSR count). The van der Waals surface area contributed by atoms with Crippen LogP contribution in [0.25, 0.3) is 10.2 Å². The molecule has 1 amide bonds. The van der Waals surface area contributed by atoms with Crippen LogP contribution in [-0.4, -0.2) is 35.0 Å². The Morgan fingerprint density at radius 3 is 2.56 bits per heavy atom. The van der Waals surface area contributed by atoms with E-state index in [1.807, 2.05) is 32.9 Å². The molecule has 3 heterocycles. The largest absolute Gasteiger partial charge is 0.503 e. The van der Waals surface area contributed by atoms with Gasteiger partial charge in [0.1, 0.15) is 5.76 Å². The number of aliphatic hydroxyl groups is 1. The minimum absolute atomic E-state index is 0.0399. The fraction of sp³-hybridized carbons (Fsp3) is 0.344. The Hall–Kier alpha value is -4.11. The first kappa shape index (κ1) is 28.4. The second-order valence-electron chi connectivity index (χ2n) is 10.7. The zero-order valence-corrected chi connectivity index (χ0v) is 24.9. The summed E-state index contributed by atoms with van der Waals surface area (Å²) in [7, 11) is 0. The summed E-state index contributed by atoms with van der Waals surface area (Å²) in [6, 6.07) is 11.6. The highest BCUT2D eigenvalue weighted by molar-refractivity contribution is 7.22. The Kier molecular flexibility index (Phi) is 7.91. The number of hydrogen-bond donors (Lipinski definition) is 1. The SMILES string of the molecule is CCOc1cc(C2C(C(=O)c3ccc(C)o3)=C(O)C(=O)N2c2nc3c(C)cc(C)cc3s2)ccc1OCCC(C)C. The number of thiazole rings is 1. The normalized spacial score (nSPS) is 15.4. The second-order valence-corrected chi connectivity index (χ2v) is 11.7. The highest BCUT2D eigenvalue weighted by Gasteiger charge is 2.47. The van der Waals surface area contributed by atoms with Crippen LogP contribution in [0.4, 0.5) is 5.13 Å². The van der Waals surface area contributed by atoms with E-state index in [0.29, 0.717) is 47.1 Å². The van der Waals surface area contributed by atoms with E-state index in [9.17, 15) is 14.7 Å². The number of aryl methyl sites for hydroxylation is 3. The van der Waals surface area contributed by atoms with Gasteiger partial charge in [0.2, 0.25) is 5.78 Å². The molecular formula is C32H34N2O6S. The van der Waals surface area contributed by atoms with E-state index in [-0.39, 0.29) is 11.3 Å². The van der Waals surface area contributed by atoms with Gasteiger partial charge in [-0.25, -0.2) is 4.98 Å². The van der Waals surface area contributed by atoms with Crippen LogP contribution in [0, 0.1) is 26.7 Å². The molecule has 0 bridgehead atoms. The molecule has 1 aliphatic rings. The van der Waals surface area contributed by atoms with Crippen molar-refractivity contribution in [3.8, 4) is 11.5 Å². The van der Waals surface area contributed by atoms with Crippen molar-refractivity contribution in [1.82, 2.24) is 4.98 Å². The molecule has 0 radical (unpaired) electrons. The van der Waals surface area contributed by atoms with E-state index in [0.717, 1.165) is 27.8 Å². The summed E-state index contributed by atoms with van der Waals surface area (Å²) in [5, 5.41) is 11.6. The lowest BCUT2D eigenvalue weighted by Crippen LogP contribution is -2.31. The number of aromatic nitrogens is 1. The van der Waals surface area contributed by atoms with Crippen molar-refractivity contribution in [2.45, 2.75) is 54.0 Å². The van der Waals surface area contributed by atoms with Gasteiger partial charge < -0.3 is 19.0 Å². The van der Waals surface area contributed by atoms with Gasteiger partial charge in [0, 0.05) is 0 Å². The molecule has 0 saturated heterocycles. The molecule has 0 spiro atoms. The second kappa shape index (κ2) is 11.4. The van der Waals surface area contributed by atoms with Crippen molar-refractivity contribution in [1.29, 1.82) is 0 Å². The van der Waals surface area contributed by atoms with Crippen molar-refractivity contribution in [2.24, 2.45) is 5.92 Å². The average Bonchev–Trinajstić information content (AvgIpc) is 3.61. The van der Waals surface area contributed by atoms with E-state index in [4.69, 9.17) is 18.9 Å². The highest BCUT2D eigenvalue weighted by atomic mass is 32.1. The van der Waals surface area contributed by atoms with Gasteiger partial charge in [-0.3, -0.25) is 14.5 Å². The summed E-state index contributed by atoms with van der Waals surface area (Å²) >= 11 is 1.34. The van der Waals surface area contributed by atoms with Crippen LogP contribution < -0.4 is 14.4 Å². The van der Waals surface area contributed by atoms with E-state index < -0.39 is 23.5 Å². The zero-order chi connectivity index (χ0) is 29.4. The lowest BCUT2D eigenvalue weighted by molar-refractivity contribution is -0.117. The van der Waals surface area contributed by atoms with Crippen LogP contribution in [0.15, 0.2) is 58.2 Å². The maximum atomic E-state index is 13.8. The molecule has 0 fully saturated rings.